The molecule has 0 saturated heterocycles. The molecule has 0 spiro atoms. The topological polar surface area (TPSA) is 66.8 Å². The Kier molecular flexibility index (Phi) is 2.71. The Hall–Kier alpha value is -2.01. The van der Waals surface area contributed by atoms with E-state index in [1.54, 1.807) is 24.3 Å². The van der Waals surface area contributed by atoms with E-state index in [1.807, 2.05) is 0 Å². The molecule has 5 heteroatoms. The molecule has 0 fully saturated rings. The van der Waals surface area contributed by atoms with Gasteiger partial charge in [-0.15, -0.1) is 0 Å². The van der Waals surface area contributed by atoms with Gasteiger partial charge in [0, 0.05) is 11.1 Å². The van der Waals surface area contributed by atoms with Crippen molar-refractivity contribution in [3.63, 3.8) is 0 Å². The predicted molar refractivity (Wildman–Crippen MR) is 71.2 cm³/mol. The van der Waals surface area contributed by atoms with Crippen molar-refractivity contribution in [2.75, 3.05) is 0 Å². The van der Waals surface area contributed by atoms with Crippen molar-refractivity contribution in [1.29, 1.82) is 0 Å². The second-order valence-electron chi connectivity index (χ2n) is 4.24. The molecule has 0 amide bonds. The molecule has 1 unspecified atom stereocenters. The first-order valence-electron chi connectivity index (χ1n) is 5.59. The smallest absolute Gasteiger partial charge is 0.339 e. The van der Waals surface area contributed by atoms with Gasteiger partial charge in [0.25, 0.3) is 0 Å². The van der Waals surface area contributed by atoms with Crippen LogP contribution in [0.15, 0.2) is 40.9 Å². The Balaban J connectivity index is 2.18. The second kappa shape index (κ2) is 4.28. The number of esters is 1. The first-order valence-corrected chi connectivity index (χ1v) is 6.38. The van der Waals surface area contributed by atoms with E-state index in [4.69, 9.17) is 4.74 Å². The maximum Gasteiger partial charge on any atom is 0.339 e. The van der Waals surface area contributed by atoms with Crippen LogP contribution in [-0.4, -0.2) is 16.2 Å². The average molecular weight is 321 g/mol. The summed E-state index contributed by atoms with van der Waals surface area (Å²) in [7, 11) is 0. The Morgan fingerprint density at radius 1 is 1.11 bits per heavy atom. The highest BCUT2D eigenvalue weighted by Gasteiger charge is 2.34. The standard InChI is InChI=1S/C14H9BrO4/c15-11-6-7(16)5-10(12(11)17)13-8-3-1-2-4-9(8)14(18)19-13/h1-6,13,16-17H. The van der Waals surface area contributed by atoms with Crippen molar-refractivity contribution in [2.45, 2.75) is 6.10 Å². The Morgan fingerprint density at radius 2 is 1.84 bits per heavy atom. The van der Waals surface area contributed by atoms with Crippen molar-refractivity contribution in [2.24, 2.45) is 0 Å². The van der Waals surface area contributed by atoms with Crippen LogP contribution in [0.25, 0.3) is 0 Å². The van der Waals surface area contributed by atoms with E-state index in [2.05, 4.69) is 15.9 Å². The summed E-state index contributed by atoms with van der Waals surface area (Å²) in [4.78, 5) is 11.8. The van der Waals surface area contributed by atoms with E-state index >= 15 is 0 Å². The van der Waals surface area contributed by atoms with Gasteiger partial charge in [0.2, 0.25) is 0 Å². The molecule has 3 rings (SSSR count). The lowest BCUT2D eigenvalue weighted by Crippen LogP contribution is -2.01. The monoisotopic (exact) mass is 320 g/mol. The van der Waals surface area contributed by atoms with Crippen LogP contribution >= 0.6 is 15.9 Å². The summed E-state index contributed by atoms with van der Waals surface area (Å²) in [6.07, 6.45) is -0.702. The number of carbonyl (C=O) groups excluding carboxylic acids is 1. The molecule has 0 radical (unpaired) electrons. The number of halogens is 1. The minimum absolute atomic E-state index is 0.0138. The zero-order chi connectivity index (χ0) is 13.6. The summed E-state index contributed by atoms with van der Waals surface area (Å²) in [5.41, 5.74) is 1.51. The van der Waals surface area contributed by atoms with E-state index in [0.717, 1.165) is 0 Å². The summed E-state index contributed by atoms with van der Waals surface area (Å²) in [6.45, 7) is 0. The number of ether oxygens (including phenoxy) is 1. The van der Waals surface area contributed by atoms with Crippen molar-refractivity contribution < 1.29 is 19.7 Å². The third-order valence-electron chi connectivity index (χ3n) is 3.05. The predicted octanol–water partition coefficient (Wildman–Crippen LogP) is 3.12. The molecular weight excluding hydrogens is 312 g/mol. The summed E-state index contributed by atoms with van der Waals surface area (Å²) in [6, 6.07) is 9.75. The van der Waals surface area contributed by atoms with Crippen molar-refractivity contribution in [1.82, 2.24) is 0 Å². The summed E-state index contributed by atoms with van der Waals surface area (Å²) in [5, 5.41) is 19.7. The van der Waals surface area contributed by atoms with Crippen LogP contribution in [0.5, 0.6) is 11.5 Å². The Bertz CT molecular complexity index is 681. The number of hydrogen-bond donors (Lipinski definition) is 2. The molecule has 0 bridgehead atoms. The van der Waals surface area contributed by atoms with E-state index in [0.29, 0.717) is 21.2 Å². The third-order valence-corrected chi connectivity index (χ3v) is 3.65. The Labute approximate surface area is 117 Å². The van der Waals surface area contributed by atoms with Crippen LogP contribution in [0.3, 0.4) is 0 Å². The highest BCUT2D eigenvalue weighted by atomic mass is 79.9. The highest BCUT2D eigenvalue weighted by Crippen LogP contribution is 2.43. The molecule has 19 heavy (non-hydrogen) atoms. The fourth-order valence-corrected chi connectivity index (χ4v) is 2.65. The molecular formula is C14H9BrO4. The number of benzene rings is 2. The molecule has 0 aromatic heterocycles. The first kappa shape index (κ1) is 12.0. The highest BCUT2D eigenvalue weighted by molar-refractivity contribution is 9.10. The molecule has 2 N–H and O–H groups in total. The molecule has 1 aliphatic rings. The number of phenols is 2. The maximum atomic E-state index is 11.8. The lowest BCUT2D eigenvalue weighted by atomic mass is 9.98. The maximum absolute atomic E-state index is 11.8. The van der Waals surface area contributed by atoms with Gasteiger partial charge in [-0.25, -0.2) is 4.79 Å². The van der Waals surface area contributed by atoms with Crippen molar-refractivity contribution in [3.05, 3.63) is 57.6 Å². The van der Waals surface area contributed by atoms with E-state index in [1.165, 1.54) is 12.1 Å². The molecule has 0 aliphatic carbocycles. The molecule has 1 heterocycles. The number of phenolic OH excluding ortho intramolecular Hbond substituents is 2. The van der Waals surface area contributed by atoms with Crippen molar-refractivity contribution in [3.8, 4) is 11.5 Å². The molecule has 1 aliphatic heterocycles. The fraction of sp³-hybridized carbons (Fsp3) is 0.0714. The number of fused-ring (bicyclic) bond motifs is 1. The lowest BCUT2D eigenvalue weighted by Gasteiger charge is -2.14. The zero-order valence-corrected chi connectivity index (χ0v) is 11.2. The van der Waals surface area contributed by atoms with Crippen LogP contribution in [-0.2, 0) is 4.74 Å². The number of cyclic esters (lactones) is 1. The zero-order valence-electron chi connectivity index (χ0n) is 9.63. The lowest BCUT2D eigenvalue weighted by molar-refractivity contribution is 0.0452. The number of rotatable bonds is 1. The quantitative estimate of drug-likeness (QED) is 0.626. The summed E-state index contributed by atoms with van der Waals surface area (Å²) in [5.74, 6) is -0.494. The van der Waals surface area contributed by atoms with Gasteiger partial charge in [-0.05, 0) is 34.1 Å². The van der Waals surface area contributed by atoms with Gasteiger partial charge in [-0.1, -0.05) is 18.2 Å². The van der Waals surface area contributed by atoms with Crippen LogP contribution < -0.4 is 0 Å². The summed E-state index contributed by atoms with van der Waals surface area (Å²) < 4.78 is 5.63. The largest absolute Gasteiger partial charge is 0.508 e. The third kappa shape index (κ3) is 1.86. The minimum atomic E-state index is -0.702. The molecule has 4 nitrogen and oxygen atoms in total. The van der Waals surface area contributed by atoms with E-state index in [-0.39, 0.29) is 11.5 Å². The average Bonchev–Trinajstić information content (AvgIpc) is 2.72. The molecule has 1 atom stereocenters. The van der Waals surface area contributed by atoms with E-state index in [9.17, 15) is 15.0 Å². The van der Waals surface area contributed by atoms with E-state index < -0.39 is 12.1 Å². The number of hydrogen-bond acceptors (Lipinski definition) is 4. The van der Waals surface area contributed by atoms with Gasteiger partial charge in [0.05, 0.1) is 10.0 Å². The van der Waals surface area contributed by atoms with Gasteiger partial charge >= 0.3 is 5.97 Å². The van der Waals surface area contributed by atoms with Crippen LogP contribution in [0.4, 0.5) is 0 Å². The number of aromatic hydroxyl groups is 2. The van der Waals surface area contributed by atoms with Crippen LogP contribution in [0.2, 0.25) is 0 Å². The molecule has 2 aromatic rings. The molecule has 0 saturated carbocycles. The first-order chi connectivity index (χ1) is 9.08. The Morgan fingerprint density at radius 3 is 2.63 bits per heavy atom. The summed E-state index contributed by atoms with van der Waals surface area (Å²) >= 11 is 3.15. The van der Waals surface area contributed by atoms with Crippen LogP contribution in [0, 0.1) is 0 Å². The van der Waals surface area contributed by atoms with Gasteiger partial charge in [-0.2, -0.15) is 0 Å². The minimum Gasteiger partial charge on any atom is -0.508 e. The van der Waals surface area contributed by atoms with Gasteiger partial charge in [-0.3, -0.25) is 0 Å². The molecule has 2 aromatic carbocycles. The van der Waals surface area contributed by atoms with Gasteiger partial charge < -0.3 is 14.9 Å². The fourth-order valence-electron chi connectivity index (χ4n) is 2.18. The number of carbonyl (C=O) groups is 1. The van der Waals surface area contributed by atoms with Crippen molar-refractivity contribution >= 4 is 21.9 Å². The second-order valence-corrected chi connectivity index (χ2v) is 5.09. The van der Waals surface area contributed by atoms with Crippen LogP contribution in [0.1, 0.15) is 27.6 Å². The van der Waals surface area contributed by atoms with Gasteiger partial charge in [0.15, 0.2) is 6.10 Å². The van der Waals surface area contributed by atoms with Gasteiger partial charge in [0.1, 0.15) is 11.5 Å². The normalized spacial score (nSPS) is 17.1. The SMILES string of the molecule is O=C1OC(c2cc(O)cc(Br)c2O)c2ccccc21. The molecule has 96 valence electrons.